The number of carbonyl (C=O) groups excluding carboxylic acids is 1. The Morgan fingerprint density at radius 3 is 2.52 bits per heavy atom. The van der Waals surface area contributed by atoms with Crippen molar-refractivity contribution in [2.24, 2.45) is 0 Å². The Labute approximate surface area is 147 Å². The number of pyridine rings is 2. The van der Waals surface area contributed by atoms with Gasteiger partial charge >= 0.3 is 0 Å². The molecular weight excluding hydrogens is 314 g/mol. The third kappa shape index (κ3) is 3.42. The van der Waals surface area contributed by atoms with E-state index in [-0.39, 0.29) is 11.9 Å². The lowest BCUT2D eigenvalue weighted by molar-refractivity contribution is 0.0739. The summed E-state index contributed by atoms with van der Waals surface area (Å²) in [6, 6.07) is 11.2. The maximum atomic E-state index is 12.7. The minimum atomic E-state index is -0.121. The Hall–Kier alpha value is -3.02. The van der Waals surface area contributed by atoms with E-state index in [2.05, 4.69) is 15.1 Å². The highest BCUT2D eigenvalue weighted by Gasteiger charge is 2.20. The molecule has 25 heavy (non-hydrogen) atoms. The largest absolute Gasteiger partial charge is 0.333 e. The summed E-state index contributed by atoms with van der Waals surface area (Å²) in [4.78, 5) is 23.1. The van der Waals surface area contributed by atoms with Crippen molar-refractivity contribution in [2.45, 2.75) is 26.8 Å². The van der Waals surface area contributed by atoms with E-state index in [1.807, 2.05) is 51.1 Å². The van der Waals surface area contributed by atoms with Crippen LogP contribution in [0.2, 0.25) is 0 Å². The van der Waals surface area contributed by atoms with E-state index in [1.54, 1.807) is 35.1 Å². The Balaban J connectivity index is 1.80. The maximum Gasteiger partial charge on any atom is 0.255 e. The Kier molecular flexibility index (Phi) is 4.61. The molecule has 0 saturated carbocycles. The normalized spacial score (nSPS) is 12.0. The van der Waals surface area contributed by atoms with Gasteiger partial charge in [0.25, 0.3) is 5.91 Å². The summed E-state index contributed by atoms with van der Waals surface area (Å²) >= 11 is 0. The highest BCUT2D eigenvalue weighted by Crippen LogP contribution is 2.19. The zero-order chi connectivity index (χ0) is 18.0. The lowest BCUT2D eigenvalue weighted by Crippen LogP contribution is -2.30. The van der Waals surface area contributed by atoms with Crippen LogP contribution in [-0.2, 0) is 0 Å². The number of nitrogens with zero attached hydrogens (tertiary/aromatic N) is 5. The number of amides is 1. The zero-order valence-electron chi connectivity index (χ0n) is 14.8. The lowest BCUT2D eigenvalue weighted by atomic mass is 10.1. The first-order valence-electron chi connectivity index (χ1n) is 8.15. The Morgan fingerprint density at radius 1 is 1.16 bits per heavy atom. The predicted octanol–water partition coefficient (Wildman–Crippen LogP) is 3.11. The first-order valence-corrected chi connectivity index (χ1v) is 8.15. The minimum absolute atomic E-state index is 0.0921. The molecule has 0 unspecified atom stereocenters. The molecule has 0 aromatic carbocycles. The van der Waals surface area contributed by atoms with Crippen molar-refractivity contribution in [1.29, 1.82) is 0 Å². The summed E-state index contributed by atoms with van der Waals surface area (Å²) in [5, 5.41) is 4.41. The van der Waals surface area contributed by atoms with Crippen LogP contribution in [0.5, 0.6) is 0 Å². The number of hydrogen-bond donors (Lipinski definition) is 0. The van der Waals surface area contributed by atoms with Gasteiger partial charge in [-0.1, -0.05) is 6.07 Å². The van der Waals surface area contributed by atoms with E-state index in [9.17, 15) is 4.79 Å². The van der Waals surface area contributed by atoms with Crippen LogP contribution in [-0.4, -0.2) is 37.6 Å². The van der Waals surface area contributed by atoms with E-state index < -0.39 is 0 Å². The molecular formula is C19H21N5O. The van der Waals surface area contributed by atoms with Crippen molar-refractivity contribution in [1.82, 2.24) is 24.6 Å². The number of rotatable bonds is 4. The van der Waals surface area contributed by atoms with E-state index in [0.29, 0.717) is 11.4 Å². The standard InChI is InChI=1S/C19H21N5O/c1-13-11-14(2)24(22-13)18-9-8-16(12-21-18)19(25)23(4)15(3)17-7-5-6-10-20-17/h5-12,15H,1-4H3/t15-/m0/s1. The molecule has 0 bridgehead atoms. The summed E-state index contributed by atoms with van der Waals surface area (Å²) < 4.78 is 1.77. The van der Waals surface area contributed by atoms with Crippen molar-refractivity contribution >= 4 is 5.91 Å². The molecule has 3 heterocycles. The van der Waals surface area contributed by atoms with Crippen molar-refractivity contribution in [2.75, 3.05) is 7.05 Å². The molecule has 0 spiro atoms. The predicted molar refractivity (Wildman–Crippen MR) is 95.6 cm³/mol. The Morgan fingerprint density at radius 2 is 1.96 bits per heavy atom. The van der Waals surface area contributed by atoms with Crippen LogP contribution in [0.15, 0.2) is 48.8 Å². The smallest absolute Gasteiger partial charge is 0.255 e. The third-order valence-electron chi connectivity index (χ3n) is 4.24. The van der Waals surface area contributed by atoms with Crippen molar-refractivity contribution in [3.05, 3.63) is 71.4 Å². The van der Waals surface area contributed by atoms with Gasteiger partial charge in [-0.15, -0.1) is 0 Å². The van der Waals surface area contributed by atoms with Gasteiger partial charge in [0.1, 0.15) is 0 Å². The van der Waals surface area contributed by atoms with Gasteiger partial charge in [-0.25, -0.2) is 9.67 Å². The highest BCUT2D eigenvalue weighted by molar-refractivity contribution is 5.94. The number of carbonyl (C=O) groups is 1. The van der Waals surface area contributed by atoms with Crippen molar-refractivity contribution in [3.63, 3.8) is 0 Å². The molecule has 0 aliphatic heterocycles. The van der Waals surface area contributed by atoms with Crippen molar-refractivity contribution in [3.8, 4) is 5.82 Å². The minimum Gasteiger partial charge on any atom is -0.333 e. The second-order valence-electron chi connectivity index (χ2n) is 6.09. The second kappa shape index (κ2) is 6.84. The van der Waals surface area contributed by atoms with Gasteiger partial charge in [0.05, 0.1) is 23.0 Å². The fourth-order valence-electron chi connectivity index (χ4n) is 2.70. The van der Waals surface area contributed by atoms with Crippen LogP contribution in [0, 0.1) is 13.8 Å². The second-order valence-corrected chi connectivity index (χ2v) is 6.09. The van der Waals surface area contributed by atoms with E-state index in [4.69, 9.17) is 0 Å². The highest BCUT2D eigenvalue weighted by atomic mass is 16.2. The molecule has 128 valence electrons. The number of aromatic nitrogens is 4. The molecule has 1 amide bonds. The Bertz CT molecular complexity index is 871. The molecule has 0 aliphatic rings. The van der Waals surface area contributed by atoms with Gasteiger partial charge in [0.15, 0.2) is 5.82 Å². The van der Waals surface area contributed by atoms with Gasteiger partial charge in [0.2, 0.25) is 0 Å². The average Bonchev–Trinajstić information content (AvgIpc) is 2.99. The first-order chi connectivity index (χ1) is 12.0. The van der Waals surface area contributed by atoms with E-state index >= 15 is 0 Å². The summed E-state index contributed by atoms with van der Waals surface area (Å²) in [5.41, 5.74) is 3.33. The molecule has 3 aromatic rings. The van der Waals surface area contributed by atoms with Gasteiger partial charge in [-0.05, 0) is 51.1 Å². The monoisotopic (exact) mass is 335 g/mol. The first kappa shape index (κ1) is 16.8. The van der Waals surface area contributed by atoms with Gasteiger partial charge in [-0.2, -0.15) is 5.10 Å². The van der Waals surface area contributed by atoms with E-state index in [0.717, 1.165) is 17.1 Å². The van der Waals surface area contributed by atoms with Crippen molar-refractivity contribution < 1.29 is 4.79 Å². The van der Waals surface area contributed by atoms with Crippen LogP contribution in [0.1, 0.15) is 40.4 Å². The molecule has 0 fully saturated rings. The van der Waals surface area contributed by atoms with Gasteiger partial charge in [-0.3, -0.25) is 9.78 Å². The maximum absolute atomic E-state index is 12.7. The quantitative estimate of drug-likeness (QED) is 0.735. The fraction of sp³-hybridized carbons (Fsp3) is 0.263. The molecule has 6 heteroatoms. The average molecular weight is 335 g/mol. The summed E-state index contributed by atoms with van der Waals surface area (Å²) in [6.45, 7) is 5.87. The SMILES string of the molecule is Cc1cc(C)n(-c2ccc(C(=O)N(C)[C@@H](C)c3ccccn3)cn2)n1. The number of hydrogen-bond acceptors (Lipinski definition) is 4. The summed E-state index contributed by atoms with van der Waals surface area (Å²) in [6.07, 6.45) is 3.32. The van der Waals surface area contributed by atoms with Crippen LogP contribution < -0.4 is 0 Å². The fourth-order valence-corrected chi connectivity index (χ4v) is 2.70. The topological polar surface area (TPSA) is 63.9 Å². The third-order valence-corrected chi connectivity index (χ3v) is 4.24. The molecule has 0 saturated heterocycles. The molecule has 0 radical (unpaired) electrons. The lowest BCUT2D eigenvalue weighted by Gasteiger charge is -2.24. The summed E-state index contributed by atoms with van der Waals surface area (Å²) in [7, 11) is 1.77. The van der Waals surface area contributed by atoms with Gasteiger partial charge in [0, 0.05) is 25.1 Å². The van der Waals surface area contributed by atoms with E-state index in [1.165, 1.54) is 0 Å². The zero-order valence-corrected chi connectivity index (χ0v) is 14.8. The number of aryl methyl sites for hydroxylation is 2. The van der Waals surface area contributed by atoms with Gasteiger partial charge < -0.3 is 4.90 Å². The molecule has 6 nitrogen and oxygen atoms in total. The molecule has 0 aliphatic carbocycles. The molecule has 0 N–H and O–H groups in total. The molecule has 3 aromatic heterocycles. The van der Waals surface area contributed by atoms with Crippen LogP contribution in [0.25, 0.3) is 5.82 Å². The van der Waals surface area contributed by atoms with Crippen LogP contribution >= 0.6 is 0 Å². The molecule has 1 atom stereocenters. The molecule has 3 rings (SSSR count). The van der Waals surface area contributed by atoms with Crippen LogP contribution in [0.4, 0.5) is 0 Å². The van der Waals surface area contributed by atoms with Crippen LogP contribution in [0.3, 0.4) is 0 Å². The summed E-state index contributed by atoms with van der Waals surface area (Å²) in [5.74, 6) is 0.605.